The molecule has 0 amide bonds. The van der Waals surface area contributed by atoms with Crippen molar-refractivity contribution in [2.45, 2.75) is 38.1 Å². The first-order valence-electron chi connectivity index (χ1n) is 7.68. The molecule has 0 saturated heterocycles. The van der Waals surface area contributed by atoms with Crippen LogP contribution in [0.3, 0.4) is 0 Å². The Morgan fingerprint density at radius 1 is 1.30 bits per heavy atom. The van der Waals surface area contributed by atoms with E-state index in [9.17, 15) is 0 Å². The van der Waals surface area contributed by atoms with Gasteiger partial charge in [-0.15, -0.1) is 11.6 Å². The first kappa shape index (κ1) is 11.6. The van der Waals surface area contributed by atoms with Crippen molar-refractivity contribution >= 4 is 22.8 Å². The fourth-order valence-corrected chi connectivity index (χ4v) is 5.38. The highest BCUT2D eigenvalue weighted by atomic mass is 35.5. The van der Waals surface area contributed by atoms with Gasteiger partial charge in [0.15, 0.2) is 5.65 Å². The highest BCUT2D eigenvalue weighted by molar-refractivity contribution is 6.16. The lowest BCUT2D eigenvalue weighted by Crippen LogP contribution is -2.08. The summed E-state index contributed by atoms with van der Waals surface area (Å²) < 4.78 is 2.38. The molecule has 5 rings (SSSR count). The largest absolute Gasteiger partial charge is 0.308 e. The summed E-state index contributed by atoms with van der Waals surface area (Å²) in [5.74, 6) is 5.19. The highest BCUT2D eigenvalue weighted by Gasteiger charge is 2.66. The van der Waals surface area contributed by atoms with Crippen LogP contribution in [-0.2, 0) is 5.88 Å². The van der Waals surface area contributed by atoms with Crippen molar-refractivity contribution in [1.82, 2.24) is 14.5 Å². The SMILES string of the molecule is Cc1ccnc2c1nc(CCl)n2C1C2C3CCC(C3)C21. The van der Waals surface area contributed by atoms with Gasteiger partial charge in [-0.1, -0.05) is 0 Å². The van der Waals surface area contributed by atoms with Crippen LogP contribution >= 0.6 is 11.6 Å². The Labute approximate surface area is 123 Å². The molecule has 0 aromatic carbocycles. The third kappa shape index (κ3) is 1.28. The normalized spacial score (nSPS) is 37.6. The molecule has 3 nitrogen and oxygen atoms in total. The molecule has 0 N–H and O–H groups in total. The van der Waals surface area contributed by atoms with Gasteiger partial charge in [0.25, 0.3) is 0 Å². The van der Waals surface area contributed by atoms with Crippen LogP contribution < -0.4 is 0 Å². The molecule has 0 aliphatic heterocycles. The Balaban J connectivity index is 1.68. The van der Waals surface area contributed by atoms with E-state index in [1.165, 1.54) is 24.8 Å². The summed E-state index contributed by atoms with van der Waals surface area (Å²) in [6.07, 6.45) is 6.26. The summed E-state index contributed by atoms with van der Waals surface area (Å²) in [7, 11) is 0. The zero-order valence-corrected chi connectivity index (χ0v) is 12.3. The van der Waals surface area contributed by atoms with Crippen LogP contribution in [0.15, 0.2) is 12.3 Å². The number of imidazole rings is 1. The molecule has 0 radical (unpaired) electrons. The predicted molar refractivity (Wildman–Crippen MR) is 78.7 cm³/mol. The molecular weight excluding hydrogens is 270 g/mol. The van der Waals surface area contributed by atoms with E-state index < -0.39 is 0 Å². The molecule has 2 bridgehead atoms. The quantitative estimate of drug-likeness (QED) is 0.789. The maximum Gasteiger partial charge on any atom is 0.160 e. The van der Waals surface area contributed by atoms with Gasteiger partial charge in [-0.25, -0.2) is 9.97 Å². The Bertz CT molecular complexity index is 691. The van der Waals surface area contributed by atoms with E-state index in [0.717, 1.165) is 40.7 Å². The van der Waals surface area contributed by atoms with Crippen molar-refractivity contribution in [3.63, 3.8) is 0 Å². The number of alkyl halides is 1. The van der Waals surface area contributed by atoms with Gasteiger partial charge in [-0.2, -0.15) is 0 Å². The van der Waals surface area contributed by atoms with Gasteiger partial charge in [0.1, 0.15) is 11.3 Å². The van der Waals surface area contributed by atoms with Crippen molar-refractivity contribution < 1.29 is 0 Å². The predicted octanol–water partition coefficient (Wildman–Crippen LogP) is 3.70. The number of rotatable bonds is 2. The minimum Gasteiger partial charge on any atom is -0.308 e. The van der Waals surface area contributed by atoms with E-state index in [1.54, 1.807) is 0 Å². The van der Waals surface area contributed by atoms with Gasteiger partial charge < -0.3 is 4.57 Å². The standard InChI is InChI=1S/C16H18ClN3/c1-8-4-5-18-16-14(8)19-11(7-17)20(16)15-12-9-2-3-10(6-9)13(12)15/h4-5,9-10,12-13,15H,2-3,6-7H2,1H3. The summed E-state index contributed by atoms with van der Waals surface area (Å²) in [4.78, 5) is 9.37. The van der Waals surface area contributed by atoms with Gasteiger partial charge in [0.2, 0.25) is 0 Å². The highest BCUT2D eigenvalue weighted by Crippen LogP contribution is 2.71. The number of fused-ring (bicyclic) bond motifs is 6. The zero-order valence-electron chi connectivity index (χ0n) is 11.6. The molecule has 0 spiro atoms. The van der Waals surface area contributed by atoms with Gasteiger partial charge in [-0.3, -0.25) is 0 Å². The number of hydrogen-bond acceptors (Lipinski definition) is 2. The van der Waals surface area contributed by atoms with Crippen LogP contribution in [0, 0.1) is 30.6 Å². The average molecular weight is 288 g/mol. The smallest absolute Gasteiger partial charge is 0.160 e. The van der Waals surface area contributed by atoms with E-state index in [1.807, 2.05) is 12.3 Å². The number of nitrogens with zero attached hydrogens (tertiary/aromatic N) is 3. The van der Waals surface area contributed by atoms with Crippen molar-refractivity contribution in [3.8, 4) is 0 Å². The Morgan fingerprint density at radius 2 is 2.05 bits per heavy atom. The number of hydrogen-bond donors (Lipinski definition) is 0. The third-order valence-electron chi connectivity index (χ3n) is 5.97. The second kappa shape index (κ2) is 3.76. The minimum absolute atomic E-state index is 0.487. The third-order valence-corrected chi connectivity index (χ3v) is 6.21. The summed E-state index contributed by atoms with van der Waals surface area (Å²) in [6.45, 7) is 2.11. The molecule has 3 aliphatic rings. The first-order chi connectivity index (χ1) is 9.79. The second-order valence-electron chi connectivity index (χ2n) is 6.81. The van der Waals surface area contributed by atoms with E-state index in [0.29, 0.717) is 11.9 Å². The monoisotopic (exact) mass is 287 g/mol. The van der Waals surface area contributed by atoms with E-state index in [2.05, 4.69) is 16.5 Å². The van der Waals surface area contributed by atoms with Crippen LogP contribution in [-0.4, -0.2) is 14.5 Å². The Kier molecular flexibility index (Phi) is 2.17. The minimum atomic E-state index is 0.487. The summed E-state index contributed by atoms with van der Waals surface area (Å²) in [5, 5.41) is 0. The topological polar surface area (TPSA) is 30.7 Å². The number of halogens is 1. The molecule has 3 fully saturated rings. The van der Waals surface area contributed by atoms with Crippen molar-refractivity contribution in [1.29, 1.82) is 0 Å². The Hall–Kier alpha value is -1.09. The van der Waals surface area contributed by atoms with Crippen LogP contribution in [0.1, 0.15) is 36.7 Å². The maximum absolute atomic E-state index is 6.16. The van der Waals surface area contributed by atoms with Crippen LogP contribution in [0.25, 0.3) is 11.2 Å². The van der Waals surface area contributed by atoms with E-state index in [-0.39, 0.29) is 0 Å². The average Bonchev–Trinajstić information content (AvgIpc) is 2.83. The van der Waals surface area contributed by atoms with Crippen molar-refractivity contribution in [2.75, 3.05) is 0 Å². The summed E-state index contributed by atoms with van der Waals surface area (Å²) in [6, 6.07) is 2.67. The number of pyridine rings is 1. The van der Waals surface area contributed by atoms with E-state index >= 15 is 0 Å². The lowest BCUT2D eigenvalue weighted by Gasteiger charge is -2.12. The van der Waals surface area contributed by atoms with Crippen LogP contribution in [0.4, 0.5) is 0 Å². The molecule has 4 unspecified atom stereocenters. The molecule has 3 aliphatic carbocycles. The van der Waals surface area contributed by atoms with Crippen LogP contribution in [0.5, 0.6) is 0 Å². The lowest BCUT2D eigenvalue weighted by molar-refractivity contribution is 0.453. The van der Waals surface area contributed by atoms with Gasteiger partial charge >= 0.3 is 0 Å². The van der Waals surface area contributed by atoms with Crippen molar-refractivity contribution in [2.24, 2.45) is 23.7 Å². The lowest BCUT2D eigenvalue weighted by atomic mass is 10.0. The molecule has 3 saturated carbocycles. The van der Waals surface area contributed by atoms with E-state index in [4.69, 9.17) is 16.6 Å². The Morgan fingerprint density at radius 3 is 2.75 bits per heavy atom. The molecule has 20 heavy (non-hydrogen) atoms. The summed E-state index contributed by atoms with van der Waals surface area (Å²) in [5.41, 5.74) is 3.30. The van der Waals surface area contributed by atoms with Crippen LogP contribution in [0.2, 0.25) is 0 Å². The maximum atomic E-state index is 6.16. The second-order valence-corrected chi connectivity index (χ2v) is 7.08. The zero-order chi connectivity index (χ0) is 13.4. The molecule has 4 heteroatoms. The molecule has 2 heterocycles. The molecule has 4 atom stereocenters. The summed E-state index contributed by atoms with van der Waals surface area (Å²) >= 11 is 6.16. The van der Waals surface area contributed by atoms with Gasteiger partial charge in [-0.05, 0) is 61.5 Å². The molecule has 2 aromatic rings. The molecular formula is C16H18ClN3. The fourth-order valence-electron chi connectivity index (χ4n) is 5.19. The molecule has 2 aromatic heterocycles. The first-order valence-corrected chi connectivity index (χ1v) is 8.21. The van der Waals surface area contributed by atoms with Crippen molar-refractivity contribution in [3.05, 3.63) is 23.7 Å². The van der Waals surface area contributed by atoms with Gasteiger partial charge in [0.05, 0.1) is 5.88 Å². The number of aromatic nitrogens is 3. The number of aryl methyl sites for hydroxylation is 1. The fraction of sp³-hybridized carbons (Fsp3) is 0.625. The van der Waals surface area contributed by atoms with Gasteiger partial charge in [0, 0.05) is 12.2 Å². The molecule has 104 valence electrons.